The first-order valence-corrected chi connectivity index (χ1v) is 10.1. The molecule has 4 aromatic rings. The quantitative estimate of drug-likeness (QED) is 0.346. The molecule has 0 saturated heterocycles. The summed E-state index contributed by atoms with van der Waals surface area (Å²) in [6, 6.07) is 14.4. The molecular formula is C20H14F2N2OS2. The average molecular weight is 400 g/mol. The Labute approximate surface area is 162 Å². The standard InChI is InChI=1S/C20H14F2N2OS2/c21-14-7-8-17(22)13(10-14)12-27-20-23-18-6-2-1-5-16(18)19(25)24(20)11-15-4-3-9-26-15/h1-10H,11-12H2. The average Bonchev–Trinajstić information content (AvgIpc) is 3.18. The van der Waals surface area contributed by atoms with Crippen LogP contribution < -0.4 is 5.56 Å². The lowest BCUT2D eigenvalue weighted by Gasteiger charge is -2.12. The van der Waals surface area contributed by atoms with Gasteiger partial charge in [-0.25, -0.2) is 13.8 Å². The van der Waals surface area contributed by atoms with Crippen LogP contribution in [-0.4, -0.2) is 9.55 Å². The van der Waals surface area contributed by atoms with Gasteiger partial charge in [0.05, 0.1) is 17.4 Å². The van der Waals surface area contributed by atoms with E-state index in [9.17, 15) is 13.6 Å². The van der Waals surface area contributed by atoms with E-state index < -0.39 is 11.6 Å². The molecule has 0 aliphatic heterocycles. The summed E-state index contributed by atoms with van der Waals surface area (Å²) < 4.78 is 29.0. The summed E-state index contributed by atoms with van der Waals surface area (Å²) in [5.74, 6) is -0.787. The summed E-state index contributed by atoms with van der Waals surface area (Å²) >= 11 is 2.78. The Kier molecular flexibility index (Phi) is 5.05. The number of para-hydroxylation sites is 1. The van der Waals surface area contributed by atoms with Gasteiger partial charge in [0.2, 0.25) is 0 Å². The van der Waals surface area contributed by atoms with E-state index in [1.54, 1.807) is 34.1 Å². The zero-order chi connectivity index (χ0) is 18.8. The minimum absolute atomic E-state index is 0.142. The Bertz CT molecular complexity index is 1160. The maximum absolute atomic E-state index is 13.9. The first-order valence-electron chi connectivity index (χ1n) is 8.20. The van der Waals surface area contributed by atoms with Crippen molar-refractivity contribution in [2.75, 3.05) is 0 Å². The van der Waals surface area contributed by atoms with Gasteiger partial charge in [-0.1, -0.05) is 30.0 Å². The SMILES string of the molecule is O=c1c2ccccc2nc(SCc2cc(F)ccc2F)n1Cc1cccs1. The van der Waals surface area contributed by atoms with Gasteiger partial charge >= 0.3 is 0 Å². The van der Waals surface area contributed by atoms with E-state index >= 15 is 0 Å². The van der Waals surface area contributed by atoms with Crippen LogP contribution in [0.4, 0.5) is 8.78 Å². The van der Waals surface area contributed by atoms with Gasteiger partial charge in [0, 0.05) is 16.2 Å². The molecule has 0 saturated carbocycles. The summed E-state index contributed by atoms with van der Waals surface area (Å²) in [5.41, 5.74) is 0.688. The molecule has 2 heterocycles. The Morgan fingerprint density at radius 1 is 1.07 bits per heavy atom. The van der Waals surface area contributed by atoms with Crippen LogP contribution in [0, 0.1) is 11.6 Å². The molecule has 0 spiro atoms. The Morgan fingerprint density at radius 2 is 1.93 bits per heavy atom. The van der Waals surface area contributed by atoms with Gasteiger partial charge in [-0.3, -0.25) is 9.36 Å². The molecule has 0 aliphatic rings. The second-order valence-corrected chi connectivity index (χ2v) is 7.88. The van der Waals surface area contributed by atoms with E-state index in [0.29, 0.717) is 22.6 Å². The molecule has 27 heavy (non-hydrogen) atoms. The highest BCUT2D eigenvalue weighted by atomic mass is 32.2. The summed E-state index contributed by atoms with van der Waals surface area (Å²) in [7, 11) is 0. The highest BCUT2D eigenvalue weighted by Crippen LogP contribution is 2.25. The number of nitrogens with zero attached hydrogens (tertiary/aromatic N) is 2. The molecule has 7 heteroatoms. The number of rotatable bonds is 5. The van der Waals surface area contributed by atoms with Crippen LogP contribution in [0.1, 0.15) is 10.4 Å². The molecule has 136 valence electrons. The van der Waals surface area contributed by atoms with Gasteiger partial charge in [0.25, 0.3) is 5.56 Å². The highest BCUT2D eigenvalue weighted by molar-refractivity contribution is 7.98. The molecular weight excluding hydrogens is 386 g/mol. The predicted octanol–water partition coefficient (Wildman–Crippen LogP) is 5.08. The lowest BCUT2D eigenvalue weighted by molar-refractivity contribution is 0.591. The molecule has 0 amide bonds. The number of thioether (sulfide) groups is 1. The van der Waals surface area contributed by atoms with Crippen molar-refractivity contribution < 1.29 is 8.78 Å². The number of hydrogen-bond acceptors (Lipinski definition) is 4. The molecule has 0 N–H and O–H groups in total. The maximum atomic E-state index is 13.9. The van der Waals surface area contributed by atoms with E-state index in [4.69, 9.17) is 0 Å². The Hall–Kier alpha value is -2.51. The van der Waals surface area contributed by atoms with Crippen LogP contribution in [0.3, 0.4) is 0 Å². The number of fused-ring (bicyclic) bond motifs is 1. The van der Waals surface area contributed by atoms with Gasteiger partial charge in [-0.2, -0.15) is 0 Å². The lowest BCUT2D eigenvalue weighted by Crippen LogP contribution is -2.23. The van der Waals surface area contributed by atoms with Gasteiger partial charge in [-0.05, 0) is 41.8 Å². The molecule has 0 atom stereocenters. The van der Waals surface area contributed by atoms with Crippen LogP contribution >= 0.6 is 23.1 Å². The van der Waals surface area contributed by atoms with E-state index in [-0.39, 0.29) is 16.9 Å². The van der Waals surface area contributed by atoms with Crippen LogP contribution in [0.15, 0.2) is 69.9 Å². The lowest BCUT2D eigenvalue weighted by atomic mass is 10.2. The molecule has 0 unspecified atom stereocenters. The molecule has 0 aliphatic carbocycles. The van der Waals surface area contributed by atoms with Crippen molar-refractivity contribution in [3.05, 3.63) is 92.4 Å². The fourth-order valence-electron chi connectivity index (χ4n) is 2.75. The third kappa shape index (κ3) is 3.79. The fourth-order valence-corrected chi connectivity index (χ4v) is 4.42. The summed E-state index contributed by atoms with van der Waals surface area (Å²) in [4.78, 5) is 18.6. The zero-order valence-corrected chi connectivity index (χ0v) is 15.7. The molecule has 0 bridgehead atoms. The minimum atomic E-state index is -0.491. The second-order valence-electron chi connectivity index (χ2n) is 5.91. The van der Waals surface area contributed by atoms with E-state index in [1.807, 2.05) is 23.6 Å². The van der Waals surface area contributed by atoms with Crippen molar-refractivity contribution >= 4 is 34.0 Å². The number of aromatic nitrogens is 2. The van der Waals surface area contributed by atoms with E-state index in [2.05, 4.69) is 4.98 Å². The van der Waals surface area contributed by atoms with Crippen molar-refractivity contribution in [1.29, 1.82) is 0 Å². The van der Waals surface area contributed by atoms with Crippen molar-refractivity contribution in [3.8, 4) is 0 Å². The number of thiophene rings is 1. The third-order valence-electron chi connectivity index (χ3n) is 4.09. The summed E-state index contributed by atoms with van der Waals surface area (Å²) in [6.45, 7) is 0.391. The first-order chi connectivity index (χ1) is 13.1. The zero-order valence-electron chi connectivity index (χ0n) is 14.1. The van der Waals surface area contributed by atoms with Crippen molar-refractivity contribution in [2.45, 2.75) is 17.5 Å². The predicted molar refractivity (Wildman–Crippen MR) is 105 cm³/mol. The topological polar surface area (TPSA) is 34.9 Å². The number of halogens is 2. The fraction of sp³-hybridized carbons (Fsp3) is 0.100. The van der Waals surface area contributed by atoms with Gasteiger partial charge in [0.1, 0.15) is 11.6 Å². The normalized spacial score (nSPS) is 11.2. The second kappa shape index (κ2) is 7.62. The largest absolute Gasteiger partial charge is 0.282 e. The van der Waals surface area contributed by atoms with Crippen molar-refractivity contribution in [1.82, 2.24) is 9.55 Å². The molecule has 3 nitrogen and oxygen atoms in total. The Balaban J connectivity index is 1.75. The molecule has 0 fully saturated rings. The summed E-state index contributed by atoms with van der Waals surface area (Å²) in [6.07, 6.45) is 0. The highest BCUT2D eigenvalue weighted by Gasteiger charge is 2.14. The van der Waals surface area contributed by atoms with Gasteiger partial charge in [-0.15, -0.1) is 11.3 Å². The molecule has 4 rings (SSSR count). The Morgan fingerprint density at radius 3 is 2.74 bits per heavy atom. The van der Waals surface area contributed by atoms with Gasteiger partial charge in [0.15, 0.2) is 5.16 Å². The third-order valence-corrected chi connectivity index (χ3v) is 5.97. The molecule has 0 radical (unpaired) electrons. The monoisotopic (exact) mass is 400 g/mol. The number of benzene rings is 2. The van der Waals surface area contributed by atoms with Crippen LogP contribution in [0.2, 0.25) is 0 Å². The molecule has 2 aromatic carbocycles. The minimum Gasteiger partial charge on any atom is -0.282 e. The maximum Gasteiger partial charge on any atom is 0.262 e. The summed E-state index contributed by atoms with van der Waals surface area (Å²) in [5, 5.41) is 2.97. The van der Waals surface area contributed by atoms with Crippen LogP contribution in [-0.2, 0) is 12.3 Å². The van der Waals surface area contributed by atoms with Crippen LogP contribution in [0.25, 0.3) is 10.9 Å². The van der Waals surface area contributed by atoms with Crippen molar-refractivity contribution in [3.63, 3.8) is 0 Å². The van der Waals surface area contributed by atoms with Crippen LogP contribution in [0.5, 0.6) is 0 Å². The van der Waals surface area contributed by atoms with E-state index in [1.165, 1.54) is 17.8 Å². The van der Waals surface area contributed by atoms with E-state index in [0.717, 1.165) is 17.0 Å². The first kappa shape index (κ1) is 17.9. The number of hydrogen-bond donors (Lipinski definition) is 0. The smallest absolute Gasteiger partial charge is 0.262 e. The van der Waals surface area contributed by atoms with Crippen molar-refractivity contribution in [2.24, 2.45) is 0 Å². The van der Waals surface area contributed by atoms with Gasteiger partial charge < -0.3 is 0 Å². The molecule has 2 aromatic heterocycles.